The number of halogens is 4. The molecule has 0 aliphatic rings. The number of pyridine rings is 2. The molecule has 0 bridgehead atoms. The van der Waals surface area contributed by atoms with Gasteiger partial charge in [-0.1, -0.05) is 0 Å². The van der Waals surface area contributed by atoms with Gasteiger partial charge in [-0.15, -0.1) is 0 Å². The maximum absolute atomic E-state index is 12.7. The Balaban J connectivity index is 2.17. The van der Waals surface area contributed by atoms with Crippen LogP contribution in [0.5, 0.6) is 0 Å². The highest BCUT2D eigenvalue weighted by Gasteiger charge is 2.30. The topological polar surface area (TPSA) is 50.2 Å². The first-order valence-electron chi connectivity index (χ1n) is 6.21. The van der Waals surface area contributed by atoms with Gasteiger partial charge in [0.1, 0.15) is 5.65 Å². The molecule has 3 aromatic rings. The van der Waals surface area contributed by atoms with E-state index in [4.69, 9.17) is 0 Å². The molecule has 4 nitrogen and oxygen atoms in total. The molecule has 3 rings (SSSR count). The molecule has 0 aliphatic carbocycles. The van der Waals surface area contributed by atoms with Crippen LogP contribution in [0.15, 0.2) is 39.9 Å². The molecule has 3 aromatic heterocycles. The molecule has 0 spiro atoms. The van der Waals surface area contributed by atoms with Crippen molar-refractivity contribution in [2.45, 2.75) is 13.1 Å². The Labute approximate surface area is 130 Å². The quantitative estimate of drug-likeness (QED) is 0.707. The van der Waals surface area contributed by atoms with Gasteiger partial charge < -0.3 is 9.38 Å². The van der Waals surface area contributed by atoms with E-state index in [0.717, 1.165) is 12.3 Å². The van der Waals surface area contributed by atoms with E-state index >= 15 is 0 Å². The number of imidazole rings is 1. The third-order valence-electron chi connectivity index (χ3n) is 3.25. The third-order valence-corrected chi connectivity index (χ3v) is 3.84. The summed E-state index contributed by atoms with van der Waals surface area (Å²) in [6, 6.07) is 3.89. The number of rotatable bonds is 1. The molecule has 3 heterocycles. The van der Waals surface area contributed by atoms with Gasteiger partial charge in [0.15, 0.2) is 0 Å². The van der Waals surface area contributed by atoms with Gasteiger partial charge in [0.2, 0.25) is 0 Å². The zero-order valence-corrected chi connectivity index (χ0v) is 12.8. The molecule has 8 heteroatoms. The smallest absolute Gasteiger partial charge is 0.325 e. The molecule has 0 saturated carbocycles. The van der Waals surface area contributed by atoms with Gasteiger partial charge in [-0.25, -0.2) is 4.98 Å². The van der Waals surface area contributed by atoms with Crippen LogP contribution in [0.1, 0.15) is 11.3 Å². The van der Waals surface area contributed by atoms with E-state index in [9.17, 15) is 18.0 Å². The highest BCUT2D eigenvalue weighted by atomic mass is 79.9. The van der Waals surface area contributed by atoms with E-state index in [1.165, 1.54) is 16.7 Å². The van der Waals surface area contributed by atoms with E-state index in [0.29, 0.717) is 27.1 Å². The van der Waals surface area contributed by atoms with Gasteiger partial charge in [0, 0.05) is 23.7 Å². The second kappa shape index (κ2) is 4.98. The highest BCUT2D eigenvalue weighted by Crippen LogP contribution is 2.30. The Morgan fingerprint density at radius 1 is 1.27 bits per heavy atom. The van der Waals surface area contributed by atoms with Crippen molar-refractivity contribution in [2.75, 3.05) is 0 Å². The second-order valence-electron chi connectivity index (χ2n) is 4.79. The van der Waals surface area contributed by atoms with Gasteiger partial charge in [-0.3, -0.25) is 4.79 Å². The van der Waals surface area contributed by atoms with Crippen LogP contribution in [0.4, 0.5) is 13.2 Å². The average molecular weight is 372 g/mol. The predicted molar refractivity (Wildman–Crippen MR) is 78.7 cm³/mol. The zero-order chi connectivity index (χ0) is 16.1. The lowest BCUT2D eigenvalue weighted by atomic mass is 10.1. The van der Waals surface area contributed by atoms with Crippen molar-refractivity contribution < 1.29 is 13.2 Å². The third kappa shape index (κ3) is 2.54. The standard InChI is InChI=1S/C14H9BrF3N3O/c1-7-9(4-10(15)13(22)19-7)11-6-21-5-8(14(16,17)18)2-3-12(21)20-11/h2-6H,1H3,(H,19,22). The number of aromatic nitrogens is 3. The average Bonchev–Trinajstić information content (AvgIpc) is 2.84. The van der Waals surface area contributed by atoms with Crippen LogP contribution < -0.4 is 5.56 Å². The van der Waals surface area contributed by atoms with Crippen LogP contribution >= 0.6 is 15.9 Å². The summed E-state index contributed by atoms with van der Waals surface area (Å²) < 4.78 is 39.8. The van der Waals surface area contributed by atoms with Crippen molar-refractivity contribution in [2.24, 2.45) is 0 Å². The minimum absolute atomic E-state index is 0.274. The second-order valence-corrected chi connectivity index (χ2v) is 5.65. The molecule has 0 aromatic carbocycles. The fraction of sp³-hybridized carbons (Fsp3) is 0.143. The fourth-order valence-electron chi connectivity index (χ4n) is 2.15. The number of fused-ring (bicyclic) bond motifs is 1. The van der Waals surface area contributed by atoms with Crippen molar-refractivity contribution in [3.63, 3.8) is 0 Å². The van der Waals surface area contributed by atoms with E-state index in [1.54, 1.807) is 13.0 Å². The van der Waals surface area contributed by atoms with Crippen LogP contribution in [-0.4, -0.2) is 14.4 Å². The lowest BCUT2D eigenvalue weighted by Gasteiger charge is -2.05. The van der Waals surface area contributed by atoms with Crippen molar-refractivity contribution in [3.05, 3.63) is 56.7 Å². The summed E-state index contributed by atoms with van der Waals surface area (Å²) in [6.07, 6.45) is -1.92. The number of alkyl halides is 3. The summed E-state index contributed by atoms with van der Waals surface area (Å²) in [5.74, 6) is 0. The number of nitrogens with one attached hydrogen (secondary N) is 1. The first-order valence-corrected chi connectivity index (χ1v) is 7.01. The molecule has 0 radical (unpaired) electrons. The normalized spacial score (nSPS) is 12.0. The van der Waals surface area contributed by atoms with E-state index in [2.05, 4.69) is 25.9 Å². The number of aryl methyl sites for hydroxylation is 1. The summed E-state index contributed by atoms with van der Waals surface area (Å²) in [5, 5.41) is 0. The molecular weight excluding hydrogens is 363 g/mol. The molecule has 0 amide bonds. The predicted octanol–water partition coefficient (Wildman–Crippen LogP) is 3.78. The molecule has 22 heavy (non-hydrogen) atoms. The first-order chi connectivity index (χ1) is 10.3. The number of hydrogen-bond acceptors (Lipinski definition) is 2. The zero-order valence-electron chi connectivity index (χ0n) is 11.2. The maximum Gasteiger partial charge on any atom is 0.417 e. The van der Waals surface area contributed by atoms with Crippen molar-refractivity contribution in [3.8, 4) is 11.3 Å². The van der Waals surface area contributed by atoms with Crippen LogP contribution in [0.3, 0.4) is 0 Å². The van der Waals surface area contributed by atoms with Crippen molar-refractivity contribution >= 4 is 21.6 Å². The molecule has 0 unspecified atom stereocenters. The lowest BCUT2D eigenvalue weighted by Crippen LogP contribution is -2.08. The fourth-order valence-corrected chi connectivity index (χ4v) is 2.48. The maximum atomic E-state index is 12.7. The lowest BCUT2D eigenvalue weighted by molar-refractivity contribution is -0.137. The number of H-pyrrole nitrogens is 1. The Bertz CT molecular complexity index is 927. The van der Waals surface area contributed by atoms with Crippen LogP contribution in [0.25, 0.3) is 16.9 Å². The summed E-state index contributed by atoms with van der Waals surface area (Å²) in [7, 11) is 0. The minimum Gasteiger partial charge on any atom is -0.325 e. The molecule has 0 fully saturated rings. The molecule has 0 aliphatic heterocycles. The van der Waals surface area contributed by atoms with Crippen LogP contribution in [-0.2, 0) is 6.18 Å². The van der Waals surface area contributed by atoms with Crippen molar-refractivity contribution in [1.29, 1.82) is 0 Å². The van der Waals surface area contributed by atoms with Crippen molar-refractivity contribution in [1.82, 2.24) is 14.4 Å². The monoisotopic (exact) mass is 371 g/mol. The van der Waals surface area contributed by atoms with Crippen LogP contribution in [0, 0.1) is 6.92 Å². The molecule has 0 saturated heterocycles. The Morgan fingerprint density at radius 2 is 2.00 bits per heavy atom. The summed E-state index contributed by atoms with van der Waals surface area (Å²) in [4.78, 5) is 18.4. The van der Waals surface area contributed by atoms with E-state index in [1.807, 2.05) is 0 Å². The Kier molecular flexibility index (Phi) is 3.36. The number of hydrogen-bond donors (Lipinski definition) is 1. The van der Waals surface area contributed by atoms with Gasteiger partial charge in [0.25, 0.3) is 5.56 Å². The van der Waals surface area contributed by atoms with E-state index < -0.39 is 11.7 Å². The van der Waals surface area contributed by atoms with Gasteiger partial charge >= 0.3 is 6.18 Å². The summed E-state index contributed by atoms with van der Waals surface area (Å²) in [5.41, 5.74) is 1.09. The summed E-state index contributed by atoms with van der Waals surface area (Å²) in [6.45, 7) is 1.70. The summed E-state index contributed by atoms with van der Waals surface area (Å²) >= 11 is 3.13. The highest BCUT2D eigenvalue weighted by molar-refractivity contribution is 9.10. The largest absolute Gasteiger partial charge is 0.417 e. The molecule has 114 valence electrons. The number of nitrogens with zero attached hydrogens (tertiary/aromatic N) is 2. The van der Waals surface area contributed by atoms with E-state index in [-0.39, 0.29) is 5.56 Å². The Hall–Kier alpha value is -2.09. The minimum atomic E-state index is -4.41. The van der Waals surface area contributed by atoms with Crippen LogP contribution in [0.2, 0.25) is 0 Å². The van der Waals surface area contributed by atoms with Gasteiger partial charge in [-0.2, -0.15) is 13.2 Å². The van der Waals surface area contributed by atoms with Gasteiger partial charge in [0.05, 0.1) is 15.7 Å². The first kappa shape index (κ1) is 14.8. The Morgan fingerprint density at radius 3 is 2.68 bits per heavy atom. The molecule has 1 N–H and O–H groups in total. The SMILES string of the molecule is Cc1[nH]c(=O)c(Br)cc1-c1cn2cc(C(F)(F)F)ccc2n1. The van der Waals surface area contributed by atoms with Gasteiger partial charge in [-0.05, 0) is 41.1 Å². The molecule has 0 atom stereocenters. The number of aromatic amines is 1. The molecular formula is C14H9BrF3N3O.